The fourth-order valence-electron chi connectivity index (χ4n) is 10.6. The number of fused-ring (bicyclic) bond motifs is 8. The Morgan fingerprint density at radius 1 is 0.322 bits per heavy atom. The summed E-state index contributed by atoms with van der Waals surface area (Å²) in [5.74, 6) is 0. The van der Waals surface area contributed by atoms with Crippen LogP contribution in [0.3, 0.4) is 0 Å². The van der Waals surface area contributed by atoms with Crippen LogP contribution in [0.15, 0.2) is 182 Å². The zero-order chi connectivity index (χ0) is 40.3. The van der Waals surface area contributed by atoms with Crippen LogP contribution in [0, 0.1) is 0 Å². The van der Waals surface area contributed by atoms with Gasteiger partial charge in [0.15, 0.2) is 0 Å². The fourth-order valence-corrected chi connectivity index (χ4v) is 10.6. The van der Waals surface area contributed by atoms with E-state index in [1.165, 1.54) is 83.8 Å². The molecule has 1 heterocycles. The number of benzene rings is 8. The average molecular weight is 761 g/mol. The molecule has 0 N–H and O–H groups in total. The summed E-state index contributed by atoms with van der Waals surface area (Å²) in [6.45, 7) is 14.3. The van der Waals surface area contributed by atoms with Gasteiger partial charge in [0, 0.05) is 39.0 Å². The molecule has 0 radical (unpaired) electrons. The molecule has 3 aliphatic rings. The van der Waals surface area contributed by atoms with Crippen molar-refractivity contribution in [2.45, 2.75) is 57.8 Å². The van der Waals surface area contributed by atoms with E-state index in [1.807, 2.05) is 0 Å². The molecule has 0 aromatic heterocycles. The van der Waals surface area contributed by atoms with Gasteiger partial charge in [-0.25, -0.2) is 0 Å². The lowest BCUT2D eigenvalue weighted by atomic mass is 9.71. The highest BCUT2D eigenvalue weighted by Gasteiger charge is 2.43. The molecule has 0 bridgehead atoms. The summed E-state index contributed by atoms with van der Waals surface area (Å²) < 4.78 is 0. The third kappa shape index (κ3) is 5.18. The summed E-state index contributed by atoms with van der Waals surface area (Å²) in [5.41, 5.74) is 22.5. The summed E-state index contributed by atoms with van der Waals surface area (Å²) in [7, 11) is 0. The number of rotatable bonds is 5. The van der Waals surface area contributed by atoms with E-state index in [-0.39, 0.29) is 16.2 Å². The van der Waals surface area contributed by atoms with Gasteiger partial charge in [0.2, 0.25) is 0 Å². The first-order chi connectivity index (χ1) is 28.5. The number of nitrogens with zero attached hydrogens (tertiary/aromatic N) is 2. The van der Waals surface area contributed by atoms with Crippen LogP contribution in [0.2, 0.25) is 0 Å². The maximum absolute atomic E-state index is 2.52. The lowest BCUT2D eigenvalue weighted by molar-refractivity contribution is 0.627. The Balaban J connectivity index is 1.11. The number of hydrogen-bond acceptors (Lipinski definition) is 2. The predicted octanol–water partition coefficient (Wildman–Crippen LogP) is 15.5. The van der Waals surface area contributed by atoms with E-state index in [0.29, 0.717) is 0 Å². The van der Waals surface area contributed by atoms with Crippen LogP contribution in [0.1, 0.15) is 74.9 Å². The number of hydrogen-bond donors (Lipinski definition) is 0. The molecular weight excluding hydrogens is 713 g/mol. The number of para-hydroxylation sites is 1. The number of anilines is 6. The SMILES string of the molecule is CC1(C)c2ccccc2-c2ccc(N(c3ccc(-c4ccccc4)cc3)c3ccc4c(c3)C(C)(C)c3cc5c(cc3N4c3ccccc3)C(C)(C)c3ccccc3-5)cc21. The van der Waals surface area contributed by atoms with Crippen molar-refractivity contribution in [2.75, 3.05) is 9.80 Å². The summed E-state index contributed by atoms with van der Waals surface area (Å²) in [6, 6.07) is 67.9. The minimum absolute atomic E-state index is 0.0973. The van der Waals surface area contributed by atoms with Gasteiger partial charge in [-0.1, -0.05) is 157 Å². The van der Waals surface area contributed by atoms with E-state index in [0.717, 1.165) is 17.1 Å². The molecule has 8 aromatic carbocycles. The molecule has 11 rings (SSSR count). The Kier molecular flexibility index (Phi) is 7.63. The maximum atomic E-state index is 2.52. The largest absolute Gasteiger partial charge is 0.310 e. The molecule has 0 amide bonds. The van der Waals surface area contributed by atoms with E-state index < -0.39 is 0 Å². The standard InChI is InChI=1S/C57H48N2/c1-55(2)47-23-15-13-21-43(47)45-31-29-41(33-49(45)55)58(40-27-25-38(26-28-40)37-17-9-7-10-18-37)42-30-32-53-51(34-42)57(5,6)52-35-46-44-22-14-16-24-48(44)56(3,4)50(46)36-54(52)59(53)39-19-11-8-12-20-39/h7-36H,1-6H3. The second-order valence-electron chi connectivity index (χ2n) is 18.2. The van der Waals surface area contributed by atoms with Crippen LogP contribution in [0.5, 0.6) is 0 Å². The van der Waals surface area contributed by atoms with E-state index in [4.69, 9.17) is 0 Å². The Bertz CT molecular complexity index is 2950. The summed E-state index contributed by atoms with van der Waals surface area (Å²) in [6.07, 6.45) is 0. The van der Waals surface area contributed by atoms with Gasteiger partial charge in [-0.3, -0.25) is 0 Å². The first kappa shape index (κ1) is 35.5. The topological polar surface area (TPSA) is 6.48 Å². The lowest BCUT2D eigenvalue weighted by Crippen LogP contribution is -2.31. The summed E-state index contributed by atoms with van der Waals surface area (Å²) in [5, 5.41) is 0. The Hall–Kier alpha value is -6.64. The molecule has 0 spiro atoms. The molecule has 0 fully saturated rings. The molecule has 8 aromatic rings. The van der Waals surface area contributed by atoms with Crippen molar-refractivity contribution in [2.24, 2.45) is 0 Å². The summed E-state index contributed by atoms with van der Waals surface area (Å²) in [4.78, 5) is 4.97. The predicted molar refractivity (Wildman–Crippen MR) is 248 cm³/mol. The van der Waals surface area contributed by atoms with E-state index in [9.17, 15) is 0 Å². The van der Waals surface area contributed by atoms with Crippen LogP contribution in [-0.2, 0) is 16.2 Å². The zero-order valence-corrected chi connectivity index (χ0v) is 34.7. The molecular formula is C57H48N2. The highest BCUT2D eigenvalue weighted by Crippen LogP contribution is 2.58. The molecule has 0 saturated heterocycles. The normalized spacial score (nSPS) is 15.7. The molecule has 2 aliphatic carbocycles. The first-order valence-corrected chi connectivity index (χ1v) is 21.0. The second-order valence-corrected chi connectivity index (χ2v) is 18.2. The minimum atomic E-state index is -0.299. The van der Waals surface area contributed by atoms with E-state index >= 15 is 0 Å². The third-order valence-electron chi connectivity index (χ3n) is 13.8. The zero-order valence-electron chi connectivity index (χ0n) is 34.7. The quantitative estimate of drug-likeness (QED) is 0.172. The lowest BCUT2D eigenvalue weighted by Gasteiger charge is -2.43. The van der Waals surface area contributed by atoms with Crippen molar-refractivity contribution in [3.05, 3.63) is 215 Å². The van der Waals surface area contributed by atoms with Crippen molar-refractivity contribution in [1.82, 2.24) is 0 Å². The van der Waals surface area contributed by atoms with Crippen molar-refractivity contribution in [1.29, 1.82) is 0 Å². The Morgan fingerprint density at radius 3 is 1.44 bits per heavy atom. The fraction of sp³-hybridized carbons (Fsp3) is 0.158. The molecule has 286 valence electrons. The molecule has 2 heteroatoms. The molecule has 1 aliphatic heterocycles. The van der Waals surface area contributed by atoms with Gasteiger partial charge < -0.3 is 9.80 Å². The van der Waals surface area contributed by atoms with Crippen LogP contribution in [0.4, 0.5) is 34.1 Å². The maximum Gasteiger partial charge on any atom is 0.0506 e. The van der Waals surface area contributed by atoms with Crippen molar-refractivity contribution in [3.8, 4) is 33.4 Å². The molecule has 0 atom stereocenters. The molecule has 2 nitrogen and oxygen atoms in total. The Morgan fingerprint density at radius 2 is 0.780 bits per heavy atom. The van der Waals surface area contributed by atoms with Crippen LogP contribution >= 0.6 is 0 Å². The highest BCUT2D eigenvalue weighted by molar-refractivity contribution is 5.93. The van der Waals surface area contributed by atoms with Gasteiger partial charge in [-0.05, 0) is 133 Å². The average Bonchev–Trinajstić information content (AvgIpc) is 3.63. The van der Waals surface area contributed by atoms with Crippen molar-refractivity contribution >= 4 is 34.1 Å². The van der Waals surface area contributed by atoms with Crippen LogP contribution < -0.4 is 9.80 Å². The van der Waals surface area contributed by atoms with Gasteiger partial charge in [-0.2, -0.15) is 0 Å². The molecule has 0 saturated carbocycles. The van der Waals surface area contributed by atoms with Crippen LogP contribution in [-0.4, -0.2) is 0 Å². The van der Waals surface area contributed by atoms with Crippen molar-refractivity contribution in [3.63, 3.8) is 0 Å². The van der Waals surface area contributed by atoms with Gasteiger partial charge in [0.05, 0.1) is 11.4 Å². The van der Waals surface area contributed by atoms with Crippen molar-refractivity contribution < 1.29 is 0 Å². The second kappa shape index (κ2) is 12.7. The molecule has 59 heavy (non-hydrogen) atoms. The van der Waals surface area contributed by atoms with E-state index in [2.05, 4.69) is 233 Å². The van der Waals surface area contributed by atoms with Crippen LogP contribution in [0.25, 0.3) is 33.4 Å². The molecule has 0 unspecified atom stereocenters. The van der Waals surface area contributed by atoms with E-state index in [1.54, 1.807) is 0 Å². The monoisotopic (exact) mass is 760 g/mol. The third-order valence-corrected chi connectivity index (χ3v) is 13.8. The van der Waals surface area contributed by atoms with Gasteiger partial charge in [0.1, 0.15) is 0 Å². The minimum Gasteiger partial charge on any atom is -0.310 e. The van der Waals surface area contributed by atoms with Gasteiger partial charge in [0.25, 0.3) is 0 Å². The Labute approximate surface area is 349 Å². The van der Waals surface area contributed by atoms with Gasteiger partial charge >= 0.3 is 0 Å². The van der Waals surface area contributed by atoms with Gasteiger partial charge in [-0.15, -0.1) is 0 Å². The summed E-state index contributed by atoms with van der Waals surface area (Å²) >= 11 is 0. The smallest absolute Gasteiger partial charge is 0.0506 e. The first-order valence-electron chi connectivity index (χ1n) is 21.0. The highest BCUT2D eigenvalue weighted by atomic mass is 15.2.